The highest BCUT2D eigenvalue weighted by Gasteiger charge is 2.04. The quantitative estimate of drug-likeness (QED) is 0.613. The minimum absolute atomic E-state index is 0.00868. The van der Waals surface area contributed by atoms with Gasteiger partial charge in [-0.05, 0) is 42.0 Å². The molecule has 0 aliphatic carbocycles. The van der Waals surface area contributed by atoms with Gasteiger partial charge in [-0.25, -0.2) is 0 Å². The third kappa shape index (κ3) is 4.89. The molecule has 0 spiro atoms. The second kappa shape index (κ2) is 8.39. The summed E-state index contributed by atoms with van der Waals surface area (Å²) in [5.41, 5.74) is 0.728. The van der Waals surface area contributed by atoms with E-state index in [9.17, 15) is 4.79 Å². The zero-order valence-electron chi connectivity index (χ0n) is 11.3. The monoisotopic (exact) mass is 323 g/mol. The number of rotatable bonds is 7. The zero-order valence-corrected chi connectivity index (χ0v) is 13.7. The van der Waals surface area contributed by atoms with Gasteiger partial charge in [0.25, 0.3) is 5.91 Å². The standard InChI is InChI=1S/C15H17NOS3/c1-18-13-6-4-12(5-7-13)15(17)16-8-10-19-11-14-3-2-9-20-14/h2-7,9H,8,10-11H2,1H3,(H,16,17). The van der Waals surface area contributed by atoms with Crippen molar-refractivity contribution in [1.82, 2.24) is 5.32 Å². The van der Waals surface area contributed by atoms with Crippen LogP contribution in [0.25, 0.3) is 0 Å². The molecule has 0 unspecified atom stereocenters. The molecule has 1 heterocycles. The van der Waals surface area contributed by atoms with Crippen LogP contribution in [0.1, 0.15) is 15.2 Å². The number of nitrogens with one attached hydrogen (secondary N) is 1. The number of amides is 1. The third-order valence-corrected chi connectivity index (χ3v) is 5.52. The van der Waals surface area contributed by atoms with E-state index in [1.165, 1.54) is 9.77 Å². The van der Waals surface area contributed by atoms with Crippen LogP contribution < -0.4 is 5.32 Å². The predicted molar refractivity (Wildman–Crippen MR) is 91.0 cm³/mol. The lowest BCUT2D eigenvalue weighted by atomic mass is 10.2. The largest absolute Gasteiger partial charge is 0.351 e. The van der Waals surface area contributed by atoms with Crippen LogP contribution in [0.15, 0.2) is 46.7 Å². The lowest BCUT2D eigenvalue weighted by Crippen LogP contribution is -2.25. The Morgan fingerprint density at radius 2 is 2.05 bits per heavy atom. The molecule has 0 atom stereocenters. The Kier molecular flexibility index (Phi) is 6.50. The molecule has 0 aliphatic rings. The summed E-state index contributed by atoms with van der Waals surface area (Å²) in [4.78, 5) is 14.5. The van der Waals surface area contributed by atoms with Crippen molar-refractivity contribution in [2.45, 2.75) is 10.6 Å². The van der Waals surface area contributed by atoms with E-state index in [1.807, 2.05) is 42.3 Å². The van der Waals surface area contributed by atoms with Crippen molar-refractivity contribution in [3.05, 3.63) is 52.2 Å². The van der Waals surface area contributed by atoms with Crippen LogP contribution in [0.5, 0.6) is 0 Å². The van der Waals surface area contributed by atoms with Crippen LogP contribution in [0, 0.1) is 0 Å². The van der Waals surface area contributed by atoms with Crippen molar-refractivity contribution in [2.24, 2.45) is 0 Å². The second-order valence-corrected chi connectivity index (χ2v) is 7.13. The van der Waals surface area contributed by atoms with Gasteiger partial charge in [-0.3, -0.25) is 4.79 Å². The van der Waals surface area contributed by atoms with E-state index < -0.39 is 0 Å². The number of thiophene rings is 1. The topological polar surface area (TPSA) is 29.1 Å². The molecule has 0 saturated heterocycles. The van der Waals surface area contributed by atoms with Gasteiger partial charge in [-0.15, -0.1) is 23.1 Å². The van der Waals surface area contributed by atoms with Gasteiger partial charge in [0.15, 0.2) is 0 Å². The van der Waals surface area contributed by atoms with Crippen LogP contribution in [0.2, 0.25) is 0 Å². The van der Waals surface area contributed by atoms with Gasteiger partial charge in [0.05, 0.1) is 0 Å². The lowest BCUT2D eigenvalue weighted by molar-refractivity contribution is 0.0956. The molecule has 0 fully saturated rings. The first-order chi connectivity index (χ1) is 9.79. The lowest BCUT2D eigenvalue weighted by Gasteiger charge is -2.05. The molecule has 0 saturated carbocycles. The minimum Gasteiger partial charge on any atom is -0.351 e. The first-order valence-corrected chi connectivity index (χ1v) is 9.58. The molecule has 0 bridgehead atoms. The number of hydrogen-bond donors (Lipinski definition) is 1. The summed E-state index contributed by atoms with van der Waals surface area (Å²) in [6.45, 7) is 0.707. The van der Waals surface area contributed by atoms with Crippen LogP contribution in [0.4, 0.5) is 0 Å². The van der Waals surface area contributed by atoms with Crippen molar-refractivity contribution in [2.75, 3.05) is 18.6 Å². The Bertz CT molecular complexity index is 523. The molecule has 5 heteroatoms. The Balaban J connectivity index is 1.66. The molecule has 2 aromatic rings. The van der Waals surface area contributed by atoms with Crippen molar-refractivity contribution >= 4 is 40.8 Å². The fraction of sp³-hybridized carbons (Fsp3) is 0.267. The van der Waals surface area contributed by atoms with Gasteiger partial charge < -0.3 is 5.32 Å². The number of carbonyl (C=O) groups excluding carboxylic acids is 1. The maximum Gasteiger partial charge on any atom is 0.251 e. The van der Waals surface area contributed by atoms with Gasteiger partial charge in [0, 0.05) is 33.4 Å². The summed E-state index contributed by atoms with van der Waals surface area (Å²) < 4.78 is 0. The van der Waals surface area contributed by atoms with Gasteiger partial charge in [0.1, 0.15) is 0 Å². The van der Waals surface area contributed by atoms with Crippen molar-refractivity contribution < 1.29 is 4.79 Å². The summed E-state index contributed by atoms with van der Waals surface area (Å²) in [7, 11) is 0. The van der Waals surface area contributed by atoms with Crippen LogP contribution in [-0.2, 0) is 5.75 Å². The molecule has 1 amide bonds. The highest BCUT2D eigenvalue weighted by molar-refractivity contribution is 7.98. The first-order valence-electron chi connectivity index (χ1n) is 6.32. The van der Waals surface area contributed by atoms with Gasteiger partial charge >= 0.3 is 0 Å². The molecular weight excluding hydrogens is 306 g/mol. The SMILES string of the molecule is CSc1ccc(C(=O)NCCSCc2cccs2)cc1. The van der Waals surface area contributed by atoms with Crippen LogP contribution in [0.3, 0.4) is 0 Å². The first kappa shape index (κ1) is 15.5. The molecule has 1 N–H and O–H groups in total. The van der Waals surface area contributed by atoms with E-state index in [1.54, 1.807) is 23.1 Å². The minimum atomic E-state index is 0.00868. The summed E-state index contributed by atoms with van der Waals surface area (Å²) in [6, 6.07) is 11.9. The maximum absolute atomic E-state index is 11.9. The third-order valence-electron chi connectivity index (χ3n) is 2.71. The fourth-order valence-corrected chi connectivity index (χ4v) is 3.76. The Morgan fingerprint density at radius 1 is 1.25 bits per heavy atom. The number of benzene rings is 1. The highest BCUT2D eigenvalue weighted by atomic mass is 32.2. The summed E-state index contributed by atoms with van der Waals surface area (Å²) in [5, 5.41) is 5.05. The van der Waals surface area contributed by atoms with E-state index in [0.29, 0.717) is 6.54 Å². The van der Waals surface area contributed by atoms with E-state index in [2.05, 4.69) is 22.8 Å². The van der Waals surface area contributed by atoms with Crippen LogP contribution >= 0.6 is 34.9 Å². The summed E-state index contributed by atoms with van der Waals surface area (Å²) in [5.74, 6) is 1.97. The zero-order chi connectivity index (χ0) is 14.2. The van der Waals surface area contributed by atoms with Crippen molar-refractivity contribution in [3.8, 4) is 0 Å². The smallest absolute Gasteiger partial charge is 0.251 e. The second-order valence-electron chi connectivity index (χ2n) is 4.12. The number of carbonyl (C=O) groups is 1. The fourth-order valence-electron chi connectivity index (χ4n) is 1.65. The van der Waals surface area contributed by atoms with Gasteiger partial charge in [-0.1, -0.05) is 6.07 Å². The number of thioether (sulfide) groups is 2. The van der Waals surface area contributed by atoms with E-state index in [4.69, 9.17) is 0 Å². The molecule has 106 valence electrons. The Hall–Kier alpha value is -0.910. The van der Waals surface area contributed by atoms with Crippen molar-refractivity contribution in [1.29, 1.82) is 0 Å². The van der Waals surface area contributed by atoms with Gasteiger partial charge in [-0.2, -0.15) is 11.8 Å². The van der Waals surface area contributed by atoms with E-state index >= 15 is 0 Å². The molecule has 2 rings (SSSR count). The normalized spacial score (nSPS) is 10.4. The average molecular weight is 324 g/mol. The molecule has 20 heavy (non-hydrogen) atoms. The number of hydrogen-bond acceptors (Lipinski definition) is 4. The van der Waals surface area contributed by atoms with E-state index in [-0.39, 0.29) is 5.91 Å². The Labute approximate surface area is 132 Å². The average Bonchev–Trinajstić information content (AvgIpc) is 3.00. The Morgan fingerprint density at radius 3 is 2.70 bits per heavy atom. The maximum atomic E-state index is 11.9. The molecule has 0 aliphatic heterocycles. The summed E-state index contributed by atoms with van der Waals surface area (Å²) >= 11 is 5.30. The van der Waals surface area contributed by atoms with Gasteiger partial charge in [0.2, 0.25) is 0 Å². The van der Waals surface area contributed by atoms with E-state index in [0.717, 1.165) is 17.1 Å². The molecule has 2 nitrogen and oxygen atoms in total. The van der Waals surface area contributed by atoms with Crippen molar-refractivity contribution in [3.63, 3.8) is 0 Å². The van der Waals surface area contributed by atoms with Crippen LogP contribution in [-0.4, -0.2) is 24.5 Å². The molecule has 1 aromatic carbocycles. The molecular formula is C15H17NOS3. The predicted octanol–water partition coefficient (Wildman–Crippen LogP) is 4.13. The summed E-state index contributed by atoms with van der Waals surface area (Å²) in [6.07, 6.45) is 2.03. The highest BCUT2D eigenvalue weighted by Crippen LogP contribution is 2.17. The molecule has 0 radical (unpaired) electrons. The molecule has 1 aromatic heterocycles.